The summed E-state index contributed by atoms with van der Waals surface area (Å²) in [6, 6.07) is 9.33. The summed E-state index contributed by atoms with van der Waals surface area (Å²) in [6.07, 6.45) is 4.41. The average molecular weight is 285 g/mol. The number of hydrogen-bond donors (Lipinski definition) is 1. The molecule has 20 heavy (non-hydrogen) atoms. The fraction of sp³-hybridized carbons (Fsp3) is 0. The highest BCUT2D eigenvalue weighted by Gasteiger charge is 2.11. The van der Waals surface area contributed by atoms with Crippen molar-refractivity contribution in [1.82, 2.24) is 15.0 Å². The number of nitrogens with one attached hydrogen (secondary N) is 1. The van der Waals surface area contributed by atoms with E-state index < -0.39 is 0 Å². The molecule has 3 rings (SSSR count). The van der Waals surface area contributed by atoms with E-state index in [0.717, 1.165) is 10.9 Å². The van der Waals surface area contributed by atoms with Crippen LogP contribution in [0.5, 0.6) is 0 Å². The molecule has 5 nitrogen and oxygen atoms in total. The molecule has 98 valence electrons. The van der Waals surface area contributed by atoms with Gasteiger partial charge in [-0.15, -0.1) is 0 Å². The van der Waals surface area contributed by atoms with Crippen LogP contribution in [0.3, 0.4) is 0 Å². The number of aromatic nitrogens is 3. The van der Waals surface area contributed by atoms with Gasteiger partial charge in [-0.25, -0.2) is 4.98 Å². The quantitative estimate of drug-likeness (QED) is 0.785. The molecule has 0 aliphatic rings. The predicted molar refractivity (Wildman–Crippen MR) is 76.7 cm³/mol. The van der Waals surface area contributed by atoms with Crippen molar-refractivity contribution in [3.05, 3.63) is 59.8 Å². The van der Waals surface area contributed by atoms with E-state index in [1.165, 1.54) is 12.4 Å². The Morgan fingerprint density at radius 1 is 1.15 bits per heavy atom. The van der Waals surface area contributed by atoms with Gasteiger partial charge in [-0.2, -0.15) is 0 Å². The van der Waals surface area contributed by atoms with Crippen molar-refractivity contribution in [3.63, 3.8) is 0 Å². The van der Waals surface area contributed by atoms with Crippen molar-refractivity contribution in [2.24, 2.45) is 0 Å². The van der Waals surface area contributed by atoms with Crippen LogP contribution in [-0.4, -0.2) is 20.9 Å². The first-order valence-electron chi connectivity index (χ1n) is 5.87. The monoisotopic (exact) mass is 284 g/mol. The molecule has 1 aromatic carbocycles. The van der Waals surface area contributed by atoms with Crippen molar-refractivity contribution >= 4 is 34.1 Å². The molecule has 0 aliphatic heterocycles. The molecule has 0 saturated carbocycles. The Balaban J connectivity index is 1.95. The molecule has 1 amide bonds. The molecule has 1 N–H and O–H groups in total. The average Bonchev–Trinajstić information content (AvgIpc) is 2.47. The molecule has 3 aromatic rings. The van der Waals surface area contributed by atoms with Crippen LogP contribution in [0.15, 0.2) is 48.9 Å². The van der Waals surface area contributed by atoms with Gasteiger partial charge < -0.3 is 5.32 Å². The molecule has 0 fully saturated rings. The highest BCUT2D eigenvalue weighted by Crippen LogP contribution is 2.21. The third-order valence-corrected chi connectivity index (χ3v) is 2.90. The summed E-state index contributed by atoms with van der Waals surface area (Å²) in [5.41, 5.74) is 1.50. The topological polar surface area (TPSA) is 67.8 Å². The Kier molecular flexibility index (Phi) is 3.26. The van der Waals surface area contributed by atoms with Gasteiger partial charge in [0.2, 0.25) is 0 Å². The number of halogens is 1. The van der Waals surface area contributed by atoms with E-state index in [1.54, 1.807) is 12.3 Å². The second-order valence-electron chi connectivity index (χ2n) is 4.06. The maximum absolute atomic E-state index is 12.1. The lowest BCUT2D eigenvalue weighted by molar-refractivity contribution is 0.102. The van der Waals surface area contributed by atoms with E-state index in [1.807, 2.05) is 24.3 Å². The summed E-state index contributed by atoms with van der Waals surface area (Å²) >= 11 is 5.72. The third-order valence-electron chi connectivity index (χ3n) is 2.72. The minimum atomic E-state index is -0.377. The lowest BCUT2D eigenvalue weighted by Crippen LogP contribution is -2.14. The van der Waals surface area contributed by atoms with Crippen LogP contribution in [0.4, 0.5) is 5.69 Å². The summed E-state index contributed by atoms with van der Waals surface area (Å²) in [5, 5.41) is 3.89. The Hall–Kier alpha value is -2.53. The smallest absolute Gasteiger partial charge is 0.275 e. The zero-order chi connectivity index (χ0) is 13.9. The van der Waals surface area contributed by atoms with Gasteiger partial charge in [0.25, 0.3) is 5.91 Å². The molecule has 0 unspecified atom stereocenters. The number of amides is 1. The Morgan fingerprint density at radius 3 is 2.85 bits per heavy atom. The van der Waals surface area contributed by atoms with Gasteiger partial charge >= 0.3 is 0 Å². The summed E-state index contributed by atoms with van der Waals surface area (Å²) in [4.78, 5) is 24.1. The lowest BCUT2D eigenvalue weighted by atomic mass is 10.2. The SMILES string of the molecule is O=C(Nc1cccc2cccnc12)c1cncc(Cl)n1. The normalized spacial score (nSPS) is 10.4. The molecule has 2 aromatic heterocycles. The number of rotatable bonds is 2. The van der Waals surface area contributed by atoms with Gasteiger partial charge in [-0.05, 0) is 12.1 Å². The van der Waals surface area contributed by atoms with Crippen LogP contribution >= 0.6 is 11.6 Å². The van der Waals surface area contributed by atoms with Crippen LogP contribution in [0, 0.1) is 0 Å². The van der Waals surface area contributed by atoms with Crippen LogP contribution in [0.2, 0.25) is 5.15 Å². The first-order chi connectivity index (χ1) is 9.74. The summed E-state index contributed by atoms with van der Waals surface area (Å²) in [5.74, 6) is -0.377. The molecular weight excluding hydrogens is 276 g/mol. The van der Waals surface area contributed by atoms with Crippen molar-refractivity contribution in [2.75, 3.05) is 5.32 Å². The Morgan fingerprint density at radius 2 is 2.00 bits per heavy atom. The maximum atomic E-state index is 12.1. The summed E-state index contributed by atoms with van der Waals surface area (Å²) in [6.45, 7) is 0. The number of fused-ring (bicyclic) bond motifs is 1. The zero-order valence-electron chi connectivity index (χ0n) is 10.2. The van der Waals surface area contributed by atoms with E-state index in [-0.39, 0.29) is 16.8 Å². The summed E-state index contributed by atoms with van der Waals surface area (Å²) < 4.78 is 0. The highest BCUT2D eigenvalue weighted by atomic mass is 35.5. The number of nitrogens with zero attached hydrogens (tertiary/aromatic N) is 3. The van der Waals surface area contributed by atoms with Crippen LogP contribution in [0.1, 0.15) is 10.5 Å². The van der Waals surface area contributed by atoms with Crippen LogP contribution in [0.25, 0.3) is 10.9 Å². The van der Waals surface area contributed by atoms with Gasteiger partial charge in [-0.1, -0.05) is 29.8 Å². The van der Waals surface area contributed by atoms with Crippen molar-refractivity contribution in [1.29, 1.82) is 0 Å². The zero-order valence-corrected chi connectivity index (χ0v) is 11.0. The van der Waals surface area contributed by atoms with Gasteiger partial charge in [0.1, 0.15) is 10.8 Å². The predicted octanol–water partition coefficient (Wildman–Crippen LogP) is 2.93. The molecule has 0 spiro atoms. The second-order valence-corrected chi connectivity index (χ2v) is 4.45. The maximum Gasteiger partial charge on any atom is 0.275 e. The minimum Gasteiger partial charge on any atom is -0.319 e. The summed E-state index contributed by atoms with van der Waals surface area (Å²) in [7, 11) is 0. The first kappa shape index (κ1) is 12.5. The second kappa shape index (κ2) is 5.22. The van der Waals surface area contributed by atoms with E-state index in [0.29, 0.717) is 5.69 Å². The largest absolute Gasteiger partial charge is 0.319 e. The van der Waals surface area contributed by atoms with Gasteiger partial charge in [-0.3, -0.25) is 14.8 Å². The van der Waals surface area contributed by atoms with E-state index in [9.17, 15) is 4.79 Å². The molecule has 6 heteroatoms. The molecule has 0 saturated heterocycles. The number of carbonyl (C=O) groups is 1. The molecular formula is C14H9ClN4O. The van der Waals surface area contributed by atoms with Gasteiger partial charge in [0.05, 0.1) is 23.6 Å². The Bertz CT molecular complexity index is 785. The van der Waals surface area contributed by atoms with Crippen LogP contribution in [-0.2, 0) is 0 Å². The number of carbonyl (C=O) groups excluding carboxylic acids is 1. The number of hydrogen-bond acceptors (Lipinski definition) is 4. The van der Waals surface area contributed by atoms with Gasteiger partial charge in [0.15, 0.2) is 0 Å². The molecule has 0 atom stereocenters. The number of pyridine rings is 1. The molecule has 2 heterocycles. The standard InChI is InChI=1S/C14H9ClN4O/c15-12-8-16-7-11(18-12)14(20)19-10-5-1-3-9-4-2-6-17-13(9)10/h1-8H,(H,19,20). The fourth-order valence-corrected chi connectivity index (χ4v) is 1.99. The van der Waals surface area contributed by atoms with Crippen molar-refractivity contribution < 1.29 is 4.79 Å². The molecule has 0 bridgehead atoms. The number of anilines is 1. The van der Waals surface area contributed by atoms with Gasteiger partial charge in [0, 0.05) is 11.6 Å². The van der Waals surface area contributed by atoms with Crippen molar-refractivity contribution in [3.8, 4) is 0 Å². The van der Waals surface area contributed by atoms with E-state index in [4.69, 9.17) is 11.6 Å². The minimum absolute atomic E-state index is 0.158. The van der Waals surface area contributed by atoms with Crippen LogP contribution < -0.4 is 5.32 Å². The van der Waals surface area contributed by atoms with Crippen molar-refractivity contribution in [2.45, 2.75) is 0 Å². The third kappa shape index (κ3) is 2.44. The van der Waals surface area contributed by atoms with E-state index in [2.05, 4.69) is 20.3 Å². The first-order valence-corrected chi connectivity index (χ1v) is 6.24. The number of benzene rings is 1. The fourth-order valence-electron chi connectivity index (χ4n) is 1.84. The molecule has 0 aliphatic carbocycles. The van der Waals surface area contributed by atoms with E-state index >= 15 is 0 Å². The lowest BCUT2D eigenvalue weighted by Gasteiger charge is -2.07. The molecule has 0 radical (unpaired) electrons. The highest BCUT2D eigenvalue weighted by molar-refractivity contribution is 6.29. The number of para-hydroxylation sites is 1. The Labute approximate surface area is 119 Å².